The summed E-state index contributed by atoms with van der Waals surface area (Å²) in [4.78, 5) is 22.2. The fourth-order valence-corrected chi connectivity index (χ4v) is 5.52. The Morgan fingerprint density at radius 2 is 1.85 bits per heavy atom. The average Bonchev–Trinajstić information content (AvgIpc) is 3.34. The van der Waals surface area contributed by atoms with Crippen LogP contribution in [0.15, 0.2) is 76.6 Å². The van der Waals surface area contributed by atoms with Crippen LogP contribution in [0.4, 0.5) is 5.13 Å². The summed E-state index contributed by atoms with van der Waals surface area (Å²) in [6, 6.07) is 18.8. The Balaban J connectivity index is 1.62. The van der Waals surface area contributed by atoms with Crippen LogP contribution >= 0.6 is 11.3 Å². The SMILES string of the molecule is CCS(=O)(=O)c1cccc(C(Oc2ccc(C=NC)cc2)C(=O)Nc2nc3ccc(OCCOC)cc3s2)c1. The van der Waals surface area contributed by atoms with Gasteiger partial charge in [-0.25, -0.2) is 13.4 Å². The molecule has 1 unspecified atom stereocenters. The summed E-state index contributed by atoms with van der Waals surface area (Å²) in [5.74, 6) is 0.565. The molecule has 0 aliphatic rings. The van der Waals surface area contributed by atoms with Crippen molar-refractivity contribution in [3.8, 4) is 11.5 Å². The first kappa shape index (κ1) is 28.2. The number of aromatic nitrogens is 1. The van der Waals surface area contributed by atoms with Gasteiger partial charge in [-0.3, -0.25) is 15.1 Å². The van der Waals surface area contributed by atoms with E-state index in [2.05, 4.69) is 15.3 Å². The molecule has 1 aromatic heterocycles. The third-order valence-corrected chi connectivity index (χ3v) is 8.36. The average molecular weight is 568 g/mol. The maximum Gasteiger partial charge on any atom is 0.271 e. The Hall–Kier alpha value is -3.80. The van der Waals surface area contributed by atoms with Crippen molar-refractivity contribution in [1.82, 2.24) is 4.98 Å². The molecule has 9 nitrogen and oxygen atoms in total. The van der Waals surface area contributed by atoms with Gasteiger partial charge in [0.2, 0.25) is 6.10 Å². The fourth-order valence-electron chi connectivity index (χ4n) is 3.69. The maximum absolute atomic E-state index is 13.6. The van der Waals surface area contributed by atoms with E-state index in [0.717, 1.165) is 10.3 Å². The fraction of sp³-hybridized carbons (Fsp3) is 0.250. The lowest BCUT2D eigenvalue weighted by atomic mass is 10.1. The molecule has 11 heteroatoms. The van der Waals surface area contributed by atoms with Crippen LogP contribution in [0.5, 0.6) is 11.5 Å². The molecule has 0 spiro atoms. The van der Waals surface area contributed by atoms with E-state index in [-0.39, 0.29) is 10.6 Å². The zero-order chi connectivity index (χ0) is 27.8. The Bertz CT molecular complexity index is 1570. The molecule has 0 aliphatic carbocycles. The van der Waals surface area contributed by atoms with Crippen LogP contribution in [0.3, 0.4) is 0 Å². The van der Waals surface area contributed by atoms with Crippen LogP contribution in [0.1, 0.15) is 24.2 Å². The van der Waals surface area contributed by atoms with Crippen molar-refractivity contribution in [3.63, 3.8) is 0 Å². The molecule has 4 aromatic rings. The van der Waals surface area contributed by atoms with Gasteiger partial charge in [-0.2, -0.15) is 0 Å². The number of nitrogens with one attached hydrogen (secondary N) is 1. The number of carbonyl (C=O) groups excluding carboxylic acids is 1. The molecule has 0 saturated carbocycles. The number of amides is 1. The van der Waals surface area contributed by atoms with Gasteiger partial charge in [-0.1, -0.05) is 30.4 Å². The van der Waals surface area contributed by atoms with Gasteiger partial charge in [0.25, 0.3) is 5.91 Å². The standard InChI is InChI=1S/C28H29N3O6S2/c1-4-39(33,34)23-7-5-6-20(16-23)26(37-21-10-8-19(9-11-21)18-29-2)27(32)31-28-30-24-13-12-22(17-25(24)38-28)36-15-14-35-3/h5-13,16-18,26H,4,14-15H2,1-3H3,(H,30,31,32). The van der Waals surface area contributed by atoms with Crippen molar-refractivity contribution < 1.29 is 27.4 Å². The number of fused-ring (bicyclic) bond motifs is 1. The zero-order valence-electron chi connectivity index (χ0n) is 21.8. The molecular formula is C28H29N3O6S2. The lowest BCUT2D eigenvalue weighted by Crippen LogP contribution is -2.26. The van der Waals surface area contributed by atoms with Crippen molar-refractivity contribution in [2.75, 3.05) is 38.4 Å². The highest BCUT2D eigenvalue weighted by molar-refractivity contribution is 7.91. The number of methoxy groups -OCH3 is 1. The molecule has 1 N–H and O–H groups in total. The smallest absolute Gasteiger partial charge is 0.271 e. The van der Waals surface area contributed by atoms with Gasteiger partial charge >= 0.3 is 0 Å². The Kier molecular flexibility index (Phi) is 9.28. The highest BCUT2D eigenvalue weighted by Gasteiger charge is 2.26. The number of nitrogens with zero attached hydrogens (tertiary/aromatic N) is 2. The monoisotopic (exact) mass is 567 g/mol. The summed E-state index contributed by atoms with van der Waals surface area (Å²) in [6.07, 6.45) is 0.566. The van der Waals surface area contributed by atoms with Crippen molar-refractivity contribution in [2.24, 2.45) is 4.99 Å². The Labute approximate surface area is 231 Å². The number of hydrogen-bond acceptors (Lipinski definition) is 9. The molecule has 0 bridgehead atoms. The molecule has 39 heavy (non-hydrogen) atoms. The van der Waals surface area contributed by atoms with E-state index < -0.39 is 21.8 Å². The molecule has 204 valence electrons. The highest BCUT2D eigenvalue weighted by atomic mass is 32.2. The molecule has 0 radical (unpaired) electrons. The Morgan fingerprint density at radius 3 is 2.56 bits per heavy atom. The number of sulfone groups is 1. The van der Waals surface area contributed by atoms with E-state index in [9.17, 15) is 13.2 Å². The molecule has 1 amide bonds. The first-order chi connectivity index (χ1) is 18.8. The van der Waals surface area contributed by atoms with E-state index in [4.69, 9.17) is 14.2 Å². The summed E-state index contributed by atoms with van der Waals surface area (Å²) in [7, 11) is -0.197. The predicted molar refractivity (Wildman–Crippen MR) is 153 cm³/mol. The normalized spacial score (nSPS) is 12.5. The number of ether oxygens (including phenoxy) is 3. The van der Waals surface area contributed by atoms with Crippen LogP contribution in [0.2, 0.25) is 0 Å². The summed E-state index contributed by atoms with van der Waals surface area (Å²) in [5.41, 5.74) is 1.98. The van der Waals surface area contributed by atoms with Crippen LogP contribution < -0.4 is 14.8 Å². The minimum Gasteiger partial charge on any atom is -0.491 e. The van der Waals surface area contributed by atoms with Gasteiger partial charge in [0.15, 0.2) is 15.0 Å². The van der Waals surface area contributed by atoms with Crippen LogP contribution in [0.25, 0.3) is 10.2 Å². The van der Waals surface area contributed by atoms with Gasteiger partial charge in [0.05, 0.1) is 27.5 Å². The largest absolute Gasteiger partial charge is 0.491 e. The first-order valence-electron chi connectivity index (χ1n) is 12.2. The number of rotatable bonds is 12. The van der Waals surface area contributed by atoms with Gasteiger partial charge in [-0.05, 0) is 60.2 Å². The topological polar surface area (TPSA) is 116 Å². The molecular weight excluding hydrogens is 538 g/mol. The zero-order valence-corrected chi connectivity index (χ0v) is 23.4. The van der Waals surface area contributed by atoms with Crippen LogP contribution in [0, 0.1) is 0 Å². The summed E-state index contributed by atoms with van der Waals surface area (Å²) in [5, 5.41) is 3.22. The predicted octanol–water partition coefficient (Wildman–Crippen LogP) is 4.92. The lowest BCUT2D eigenvalue weighted by molar-refractivity contribution is -0.123. The molecule has 0 aliphatic heterocycles. The van der Waals surface area contributed by atoms with E-state index in [0.29, 0.717) is 40.9 Å². The molecule has 1 atom stereocenters. The van der Waals surface area contributed by atoms with E-state index >= 15 is 0 Å². The second kappa shape index (κ2) is 12.8. The molecule has 4 rings (SSSR count). The van der Waals surface area contributed by atoms with E-state index in [1.165, 1.54) is 23.5 Å². The minimum absolute atomic E-state index is 0.0580. The Morgan fingerprint density at radius 1 is 1.08 bits per heavy atom. The number of aliphatic imine (C=N–C) groups is 1. The summed E-state index contributed by atoms with van der Waals surface area (Å²) < 4.78 is 42.7. The van der Waals surface area contributed by atoms with Gasteiger partial charge in [0, 0.05) is 25.9 Å². The maximum atomic E-state index is 13.6. The number of benzene rings is 3. The molecule has 0 saturated heterocycles. The molecule has 0 fully saturated rings. The number of thiazole rings is 1. The van der Waals surface area contributed by atoms with Crippen LogP contribution in [-0.4, -0.2) is 58.6 Å². The number of hydrogen-bond donors (Lipinski definition) is 1. The third-order valence-electron chi connectivity index (χ3n) is 5.70. The van der Waals surface area contributed by atoms with Gasteiger partial charge in [-0.15, -0.1) is 0 Å². The number of carbonyl (C=O) groups is 1. The van der Waals surface area contributed by atoms with Crippen molar-refractivity contribution in [1.29, 1.82) is 0 Å². The van der Waals surface area contributed by atoms with Gasteiger partial charge < -0.3 is 14.2 Å². The molecule has 3 aromatic carbocycles. The highest BCUT2D eigenvalue weighted by Crippen LogP contribution is 2.31. The minimum atomic E-state index is -3.49. The second-order valence-corrected chi connectivity index (χ2v) is 11.7. The van der Waals surface area contributed by atoms with Crippen molar-refractivity contribution >= 4 is 48.6 Å². The van der Waals surface area contributed by atoms with E-state index in [1.54, 1.807) is 51.6 Å². The second-order valence-electron chi connectivity index (χ2n) is 8.41. The lowest BCUT2D eigenvalue weighted by Gasteiger charge is -2.19. The van der Waals surface area contributed by atoms with Crippen LogP contribution in [-0.2, 0) is 19.4 Å². The van der Waals surface area contributed by atoms with Gasteiger partial charge in [0.1, 0.15) is 18.1 Å². The molecule has 1 heterocycles. The van der Waals surface area contributed by atoms with E-state index in [1.807, 2.05) is 30.3 Å². The third kappa shape index (κ3) is 7.20. The number of anilines is 1. The first-order valence-corrected chi connectivity index (χ1v) is 14.6. The van der Waals surface area contributed by atoms with Crippen molar-refractivity contribution in [2.45, 2.75) is 17.9 Å². The summed E-state index contributed by atoms with van der Waals surface area (Å²) >= 11 is 1.30. The summed E-state index contributed by atoms with van der Waals surface area (Å²) in [6.45, 7) is 2.46. The van der Waals surface area contributed by atoms with Crippen molar-refractivity contribution in [3.05, 3.63) is 77.9 Å². The quantitative estimate of drug-likeness (QED) is 0.191.